The zero-order valence-corrected chi connectivity index (χ0v) is 11.9. The Morgan fingerprint density at radius 3 is 2.50 bits per heavy atom. The third kappa shape index (κ3) is 3.74. The summed E-state index contributed by atoms with van der Waals surface area (Å²) in [6.45, 7) is 8.98. The molecular weight excluding hydrogens is 226 g/mol. The lowest BCUT2D eigenvalue weighted by Crippen LogP contribution is -2.35. The van der Waals surface area contributed by atoms with E-state index in [9.17, 15) is 4.79 Å². The molecule has 18 heavy (non-hydrogen) atoms. The Hall–Kier alpha value is -1.55. The van der Waals surface area contributed by atoms with E-state index in [1.165, 1.54) is 0 Å². The van der Waals surface area contributed by atoms with Crippen LogP contribution in [0.1, 0.15) is 36.7 Å². The number of amides is 1. The number of nitrogen functional groups attached to an aromatic ring is 1. The molecular formula is C14H23N3O. The molecule has 0 saturated heterocycles. The molecule has 0 aliphatic heterocycles. The fraction of sp³-hybridized carbons (Fsp3) is 0.500. The molecule has 0 aromatic heterocycles. The molecule has 1 aromatic carbocycles. The fourth-order valence-corrected chi connectivity index (χ4v) is 1.95. The van der Waals surface area contributed by atoms with Crippen LogP contribution in [0.4, 0.5) is 5.69 Å². The number of aryl methyl sites for hydroxylation is 1. The third-order valence-electron chi connectivity index (χ3n) is 2.62. The van der Waals surface area contributed by atoms with Crippen LogP contribution in [0.2, 0.25) is 0 Å². The second-order valence-electron chi connectivity index (χ2n) is 5.92. The van der Waals surface area contributed by atoms with Crippen LogP contribution in [0, 0.1) is 12.3 Å². The van der Waals surface area contributed by atoms with Gasteiger partial charge in [-0.25, -0.2) is 0 Å². The van der Waals surface area contributed by atoms with Crippen LogP contribution in [0.5, 0.6) is 0 Å². The SMILES string of the molecule is Cc1ccc(C(=O)N(C)CC(C)(C)C)c(NN)c1. The largest absolute Gasteiger partial charge is 0.341 e. The lowest BCUT2D eigenvalue weighted by Gasteiger charge is -2.27. The summed E-state index contributed by atoms with van der Waals surface area (Å²) in [6, 6.07) is 5.60. The minimum Gasteiger partial charge on any atom is -0.341 e. The van der Waals surface area contributed by atoms with Crippen molar-refractivity contribution in [3.63, 3.8) is 0 Å². The molecule has 0 atom stereocenters. The highest BCUT2D eigenvalue weighted by atomic mass is 16.2. The Bertz CT molecular complexity index is 435. The minimum absolute atomic E-state index is 0.0159. The zero-order chi connectivity index (χ0) is 13.9. The number of hydrogen-bond acceptors (Lipinski definition) is 3. The lowest BCUT2D eigenvalue weighted by molar-refractivity contribution is 0.0746. The Morgan fingerprint density at radius 1 is 1.39 bits per heavy atom. The number of hydrogen-bond donors (Lipinski definition) is 2. The number of nitrogens with one attached hydrogen (secondary N) is 1. The van der Waals surface area contributed by atoms with Crippen LogP contribution in [0.3, 0.4) is 0 Å². The standard InChI is InChI=1S/C14H23N3O/c1-10-6-7-11(12(8-10)16-15)13(18)17(5)9-14(2,3)4/h6-8,16H,9,15H2,1-5H3. The van der Waals surface area contributed by atoms with Gasteiger partial charge in [-0.05, 0) is 30.0 Å². The van der Waals surface area contributed by atoms with E-state index < -0.39 is 0 Å². The Labute approximate surface area is 109 Å². The van der Waals surface area contributed by atoms with Crippen LogP contribution >= 0.6 is 0 Å². The number of nitrogens with two attached hydrogens (primary N) is 1. The maximum atomic E-state index is 12.3. The lowest BCUT2D eigenvalue weighted by atomic mass is 9.96. The van der Waals surface area contributed by atoms with Gasteiger partial charge in [0.2, 0.25) is 0 Å². The van der Waals surface area contributed by atoms with Crippen molar-refractivity contribution in [1.82, 2.24) is 4.90 Å². The van der Waals surface area contributed by atoms with Gasteiger partial charge in [0, 0.05) is 13.6 Å². The van der Waals surface area contributed by atoms with Crippen LogP contribution in [0.25, 0.3) is 0 Å². The van der Waals surface area contributed by atoms with Crippen molar-refractivity contribution in [3.05, 3.63) is 29.3 Å². The van der Waals surface area contributed by atoms with Crippen molar-refractivity contribution >= 4 is 11.6 Å². The molecule has 0 aliphatic rings. The second-order valence-corrected chi connectivity index (χ2v) is 5.92. The summed E-state index contributed by atoms with van der Waals surface area (Å²) in [5.41, 5.74) is 5.00. The summed E-state index contributed by atoms with van der Waals surface area (Å²) < 4.78 is 0. The summed E-state index contributed by atoms with van der Waals surface area (Å²) in [7, 11) is 1.81. The van der Waals surface area contributed by atoms with Gasteiger partial charge in [-0.1, -0.05) is 26.8 Å². The molecule has 4 nitrogen and oxygen atoms in total. The van der Waals surface area contributed by atoms with E-state index in [-0.39, 0.29) is 11.3 Å². The zero-order valence-electron chi connectivity index (χ0n) is 11.9. The molecule has 0 saturated carbocycles. The number of nitrogens with zero attached hydrogens (tertiary/aromatic N) is 1. The monoisotopic (exact) mass is 249 g/mol. The molecule has 0 unspecified atom stereocenters. The van der Waals surface area contributed by atoms with Crippen molar-refractivity contribution in [1.29, 1.82) is 0 Å². The molecule has 1 amide bonds. The van der Waals surface area contributed by atoms with E-state index in [0.29, 0.717) is 17.8 Å². The molecule has 0 fully saturated rings. The van der Waals surface area contributed by atoms with Gasteiger partial charge in [-0.15, -0.1) is 0 Å². The van der Waals surface area contributed by atoms with Crippen molar-refractivity contribution in [3.8, 4) is 0 Å². The van der Waals surface area contributed by atoms with Gasteiger partial charge in [-0.2, -0.15) is 0 Å². The molecule has 4 heteroatoms. The smallest absolute Gasteiger partial charge is 0.255 e. The number of hydrazine groups is 1. The van der Waals surface area contributed by atoms with Crippen LogP contribution in [0.15, 0.2) is 18.2 Å². The van der Waals surface area contributed by atoms with Gasteiger partial charge in [-0.3, -0.25) is 10.6 Å². The Balaban J connectivity index is 2.96. The van der Waals surface area contributed by atoms with Crippen LogP contribution in [-0.2, 0) is 0 Å². The van der Waals surface area contributed by atoms with Gasteiger partial charge < -0.3 is 10.3 Å². The third-order valence-corrected chi connectivity index (χ3v) is 2.62. The first kappa shape index (κ1) is 14.5. The van der Waals surface area contributed by atoms with E-state index in [4.69, 9.17) is 5.84 Å². The van der Waals surface area contributed by atoms with Gasteiger partial charge in [0.15, 0.2) is 0 Å². The summed E-state index contributed by atoms with van der Waals surface area (Å²) in [5, 5.41) is 0. The number of anilines is 1. The fourth-order valence-electron chi connectivity index (χ4n) is 1.95. The Kier molecular flexibility index (Phi) is 4.35. The van der Waals surface area contributed by atoms with Crippen molar-refractivity contribution < 1.29 is 4.79 Å². The summed E-state index contributed by atoms with van der Waals surface area (Å²) in [5.74, 6) is 5.45. The molecule has 100 valence electrons. The van der Waals surface area contributed by atoms with Gasteiger partial charge >= 0.3 is 0 Å². The van der Waals surface area contributed by atoms with E-state index in [0.717, 1.165) is 5.56 Å². The number of carbonyl (C=O) groups is 1. The van der Waals surface area contributed by atoms with Gasteiger partial charge in [0.25, 0.3) is 5.91 Å². The molecule has 3 N–H and O–H groups in total. The van der Waals surface area contributed by atoms with Crippen molar-refractivity contribution in [2.75, 3.05) is 19.0 Å². The highest BCUT2D eigenvalue weighted by Gasteiger charge is 2.20. The predicted molar refractivity (Wildman–Crippen MR) is 75.4 cm³/mol. The number of benzene rings is 1. The van der Waals surface area contributed by atoms with E-state index >= 15 is 0 Å². The van der Waals surface area contributed by atoms with Crippen molar-refractivity contribution in [2.24, 2.45) is 11.3 Å². The molecule has 0 spiro atoms. The highest BCUT2D eigenvalue weighted by molar-refractivity contribution is 5.99. The first-order valence-electron chi connectivity index (χ1n) is 6.07. The molecule has 1 aromatic rings. The molecule has 0 heterocycles. The quantitative estimate of drug-likeness (QED) is 0.639. The number of rotatable bonds is 3. The maximum Gasteiger partial charge on any atom is 0.255 e. The maximum absolute atomic E-state index is 12.3. The molecule has 0 radical (unpaired) electrons. The number of carbonyl (C=O) groups excluding carboxylic acids is 1. The second kappa shape index (κ2) is 5.40. The highest BCUT2D eigenvalue weighted by Crippen LogP contribution is 2.20. The summed E-state index contributed by atoms with van der Waals surface area (Å²) in [6.07, 6.45) is 0. The minimum atomic E-state index is -0.0159. The van der Waals surface area contributed by atoms with Crippen LogP contribution < -0.4 is 11.3 Å². The van der Waals surface area contributed by atoms with Crippen LogP contribution in [-0.4, -0.2) is 24.4 Å². The van der Waals surface area contributed by atoms with E-state index in [2.05, 4.69) is 26.2 Å². The summed E-state index contributed by atoms with van der Waals surface area (Å²) in [4.78, 5) is 14.1. The average Bonchev–Trinajstić information content (AvgIpc) is 2.25. The van der Waals surface area contributed by atoms with E-state index in [1.54, 1.807) is 4.90 Å². The average molecular weight is 249 g/mol. The first-order valence-corrected chi connectivity index (χ1v) is 6.07. The van der Waals surface area contributed by atoms with Gasteiger partial charge in [0.05, 0.1) is 11.3 Å². The van der Waals surface area contributed by atoms with Gasteiger partial charge in [0.1, 0.15) is 0 Å². The van der Waals surface area contributed by atoms with E-state index in [1.807, 2.05) is 32.2 Å². The van der Waals surface area contributed by atoms with Crippen molar-refractivity contribution in [2.45, 2.75) is 27.7 Å². The molecule has 1 rings (SSSR count). The predicted octanol–water partition coefficient (Wildman–Crippen LogP) is 2.40. The topological polar surface area (TPSA) is 58.4 Å². The molecule has 0 bridgehead atoms. The Morgan fingerprint density at radius 2 is 2.00 bits per heavy atom. The first-order chi connectivity index (χ1) is 8.24. The normalized spacial score (nSPS) is 11.2. The molecule has 0 aliphatic carbocycles. The summed E-state index contributed by atoms with van der Waals surface area (Å²) >= 11 is 0.